The molecule has 4 nitrogen and oxygen atoms in total. The minimum atomic E-state index is -0.0631. The van der Waals surface area contributed by atoms with Gasteiger partial charge in [0.25, 0.3) is 0 Å². The zero-order valence-corrected chi connectivity index (χ0v) is 12.5. The molecule has 4 heteroatoms. The van der Waals surface area contributed by atoms with Gasteiger partial charge in [0.2, 0.25) is 5.91 Å². The minimum absolute atomic E-state index is 0.0170. The first-order valence-corrected chi connectivity index (χ1v) is 7.28. The summed E-state index contributed by atoms with van der Waals surface area (Å²) in [4.78, 5) is 12.3. The van der Waals surface area contributed by atoms with Crippen molar-refractivity contribution in [1.29, 1.82) is 0 Å². The predicted molar refractivity (Wildman–Crippen MR) is 79.7 cm³/mol. The number of benzene rings is 1. The van der Waals surface area contributed by atoms with Crippen LogP contribution in [0.25, 0.3) is 0 Å². The maximum Gasteiger partial charge on any atom is 0.237 e. The molecule has 2 N–H and O–H groups in total. The molecule has 1 heterocycles. The van der Waals surface area contributed by atoms with Crippen molar-refractivity contribution in [2.24, 2.45) is 5.92 Å². The number of ether oxygens (including phenoxy) is 1. The standard InChI is InChI=1S/C16H24N2O2/c1-11-7-8-17-15(9-11)16(19)18-12(2)13-5-4-6-14(10-13)20-3/h4-6,10-12,15,17H,7-9H2,1-3H3,(H,18,19). The summed E-state index contributed by atoms with van der Waals surface area (Å²) >= 11 is 0. The van der Waals surface area contributed by atoms with Crippen molar-refractivity contribution in [1.82, 2.24) is 10.6 Å². The Morgan fingerprint density at radius 1 is 1.50 bits per heavy atom. The quantitative estimate of drug-likeness (QED) is 0.887. The Labute approximate surface area is 120 Å². The monoisotopic (exact) mass is 276 g/mol. The molecule has 20 heavy (non-hydrogen) atoms. The van der Waals surface area contributed by atoms with E-state index in [-0.39, 0.29) is 18.0 Å². The predicted octanol–water partition coefficient (Wildman–Crippen LogP) is 2.26. The van der Waals surface area contributed by atoms with Crippen molar-refractivity contribution >= 4 is 5.91 Å². The molecule has 1 aromatic carbocycles. The molecular formula is C16H24N2O2. The molecule has 0 saturated carbocycles. The fourth-order valence-corrected chi connectivity index (χ4v) is 2.62. The lowest BCUT2D eigenvalue weighted by Crippen LogP contribution is -2.48. The lowest BCUT2D eigenvalue weighted by atomic mass is 9.93. The summed E-state index contributed by atoms with van der Waals surface area (Å²) in [5, 5.41) is 6.37. The van der Waals surface area contributed by atoms with Crippen molar-refractivity contribution < 1.29 is 9.53 Å². The molecule has 1 fully saturated rings. The van der Waals surface area contributed by atoms with Crippen LogP contribution < -0.4 is 15.4 Å². The highest BCUT2D eigenvalue weighted by molar-refractivity contribution is 5.82. The molecule has 1 saturated heterocycles. The molecule has 0 aliphatic carbocycles. The Morgan fingerprint density at radius 3 is 3.00 bits per heavy atom. The second-order valence-corrected chi connectivity index (χ2v) is 5.64. The second-order valence-electron chi connectivity index (χ2n) is 5.64. The summed E-state index contributed by atoms with van der Waals surface area (Å²) in [5.74, 6) is 1.51. The van der Waals surface area contributed by atoms with Crippen LogP contribution in [0.15, 0.2) is 24.3 Å². The molecule has 1 aliphatic heterocycles. The zero-order chi connectivity index (χ0) is 14.5. The summed E-state index contributed by atoms with van der Waals surface area (Å²) in [6.45, 7) is 5.12. The SMILES string of the molecule is COc1cccc(C(C)NC(=O)C2CC(C)CCN2)c1. The number of hydrogen-bond acceptors (Lipinski definition) is 3. The highest BCUT2D eigenvalue weighted by atomic mass is 16.5. The van der Waals surface area contributed by atoms with Crippen LogP contribution in [0.3, 0.4) is 0 Å². The molecule has 3 unspecified atom stereocenters. The Kier molecular flexibility index (Phi) is 5.01. The number of amides is 1. The number of rotatable bonds is 4. The normalized spacial score (nSPS) is 23.9. The van der Waals surface area contributed by atoms with Gasteiger partial charge in [0.15, 0.2) is 0 Å². The van der Waals surface area contributed by atoms with Crippen LogP contribution in [0.2, 0.25) is 0 Å². The molecule has 0 aromatic heterocycles. The van der Waals surface area contributed by atoms with Gasteiger partial charge >= 0.3 is 0 Å². The van der Waals surface area contributed by atoms with Gasteiger partial charge < -0.3 is 15.4 Å². The Bertz CT molecular complexity index is 462. The van der Waals surface area contributed by atoms with E-state index in [0.717, 1.165) is 30.7 Å². The molecule has 1 aliphatic rings. The van der Waals surface area contributed by atoms with E-state index in [1.54, 1.807) is 7.11 Å². The lowest BCUT2D eigenvalue weighted by Gasteiger charge is -2.28. The number of carbonyl (C=O) groups excluding carboxylic acids is 1. The lowest BCUT2D eigenvalue weighted by molar-refractivity contribution is -0.124. The van der Waals surface area contributed by atoms with E-state index in [1.165, 1.54) is 0 Å². The van der Waals surface area contributed by atoms with Gasteiger partial charge in [-0.3, -0.25) is 4.79 Å². The van der Waals surface area contributed by atoms with Crippen molar-refractivity contribution in [3.05, 3.63) is 29.8 Å². The Balaban J connectivity index is 1.96. The van der Waals surface area contributed by atoms with Gasteiger partial charge in [0, 0.05) is 0 Å². The fourth-order valence-electron chi connectivity index (χ4n) is 2.62. The van der Waals surface area contributed by atoms with Gasteiger partial charge in [-0.15, -0.1) is 0 Å². The highest BCUT2D eigenvalue weighted by Crippen LogP contribution is 2.20. The van der Waals surface area contributed by atoms with E-state index in [0.29, 0.717) is 5.92 Å². The van der Waals surface area contributed by atoms with Crippen molar-refractivity contribution in [3.8, 4) is 5.75 Å². The fraction of sp³-hybridized carbons (Fsp3) is 0.562. The first kappa shape index (κ1) is 14.9. The van der Waals surface area contributed by atoms with Crippen LogP contribution in [-0.2, 0) is 4.79 Å². The van der Waals surface area contributed by atoms with E-state index in [1.807, 2.05) is 31.2 Å². The molecule has 1 amide bonds. The van der Waals surface area contributed by atoms with E-state index < -0.39 is 0 Å². The number of hydrogen-bond donors (Lipinski definition) is 2. The number of methoxy groups -OCH3 is 1. The molecule has 0 bridgehead atoms. The molecular weight excluding hydrogens is 252 g/mol. The maximum atomic E-state index is 12.3. The van der Waals surface area contributed by atoms with Gasteiger partial charge in [-0.25, -0.2) is 0 Å². The van der Waals surface area contributed by atoms with Crippen LogP contribution in [0, 0.1) is 5.92 Å². The number of carbonyl (C=O) groups is 1. The molecule has 3 atom stereocenters. The van der Waals surface area contributed by atoms with Crippen LogP contribution in [0.4, 0.5) is 0 Å². The highest BCUT2D eigenvalue weighted by Gasteiger charge is 2.25. The van der Waals surface area contributed by atoms with Crippen LogP contribution in [-0.4, -0.2) is 25.6 Å². The van der Waals surface area contributed by atoms with Gasteiger partial charge in [0.1, 0.15) is 5.75 Å². The van der Waals surface area contributed by atoms with Crippen LogP contribution in [0.5, 0.6) is 5.75 Å². The third-order valence-corrected chi connectivity index (χ3v) is 3.93. The van der Waals surface area contributed by atoms with Gasteiger partial charge in [-0.05, 0) is 49.9 Å². The average Bonchev–Trinajstić information content (AvgIpc) is 2.47. The van der Waals surface area contributed by atoms with Crippen LogP contribution >= 0.6 is 0 Å². The summed E-state index contributed by atoms with van der Waals surface area (Å²) < 4.78 is 5.22. The summed E-state index contributed by atoms with van der Waals surface area (Å²) in [5.41, 5.74) is 1.06. The number of piperidine rings is 1. The minimum Gasteiger partial charge on any atom is -0.497 e. The maximum absolute atomic E-state index is 12.3. The summed E-state index contributed by atoms with van der Waals surface area (Å²) in [6.07, 6.45) is 2.06. The Morgan fingerprint density at radius 2 is 2.30 bits per heavy atom. The van der Waals surface area contributed by atoms with E-state index in [4.69, 9.17) is 4.74 Å². The van der Waals surface area contributed by atoms with Gasteiger partial charge in [-0.2, -0.15) is 0 Å². The first-order valence-electron chi connectivity index (χ1n) is 7.28. The van der Waals surface area contributed by atoms with E-state index in [2.05, 4.69) is 17.6 Å². The molecule has 110 valence electrons. The smallest absolute Gasteiger partial charge is 0.237 e. The second kappa shape index (κ2) is 6.75. The first-order chi connectivity index (χ1) is 9.60. The van der Waals surface area contributed by atoms with Gasteiger partial charge in [0.05, 0.1) is 19.2 Å². The van der Waals surface area contributed by atoms with Crippen molar-refractivity contribution in [3.63, 3.8) is 0 Å². The zero-order valence-electron chi connectivity index (χ0n) is 12.5. The van der Waals surface area contributed by atoms with Gasteiger partial charge in [-0.1, -0.05) is 19.1 Å². The summed E-state index contributed by atoms with van der Waals surface area (Å²) in [7, 11) is 1.65. The Hall–Kier alpha value is -1.55. The molecule has 0 spiro atoms. The number of nitrogens with one attached hydrogen (secondary N) is 2. The van der Waals surface area contributed by atoms with E-state index >= 15 is 0 Å². The third kappa shape index (κ3) is 3.73. The molecule has 1 aromatic rings. The van der Waals surface area contributed by atoms with Crippen molar-refractivity contribution in [2.75, 3.05) is 13.7 Å². The molecule has 2 rings (SSSR count). The van der Waals surface area contributed by atoms with Crippen LogP contribution in [0.1, 0.15) is 38.3 Å². The third-order valence-electron chi connectivity index (χ3n) is 3.93. The van der Waals surface area contributed by atoms with E-state index in [9.17, 15) is 4.79 Å². The largest absolute Gasteiger partial charge is 0.497 e. The molecule has 0 radical (unpaired) electrons. The average molecular weight is 276 g/mol. The summed E-state index contributed by atoms with van der Waals surface area (Å²) in [6, 6.07) is 7.73. The topological polar surface area (TPSA) is 50.4 Å². The van der Waals surface area contributed by atoms with Crippen molar-refractivity contribution in [2.45, 2.75) is 38.8 Å².